The van der Waals surface area contributed by atoms with Crippen molar-refractivity contribution in [3.05, 3.63) is 42.0 Å². The van der Waals surface area contributed by atoms with Gasteiger partial charge in [-0.05, 0) is 75.2 Å². The van der Waals surface area contributed by atoms with Gasteiger partial charge in [-0.1, -0.05) is 11.3 Å². The minimum atomic E-state index is -0.110. The molecule has 4 heterocycles. The monoisotopic (exact) mass is 399 g/mol. The third kappa shape index (κ3) is 4.05. The van der Waals surface area contributed by atoms with E-state index >= 15 is 0 Å². The minimum absolute atomic E-state index is 0.0266. The molecule has 0 radical (unpaired) electrons. The quantitative estimate of drug-likeness (QED) is 0.804. The Hall–Kier alpha value is -2.38. The second kappa shape index (κ2) is 7.93. The van der Waals surface area contributed by atoms with Crippen LogP contribution in [-0.4, -0.2) is 41.9 Å². The van der Waals surface area contributed by atoms with E-state index in [0.717, 1.165) is 18.1 Å². The molecule has 1 aromatic heterocycles. The Labute approximate surface area is 168 Å². The number of fused-ring (bicyclic) bond motifs is 3. The summed E-state index contributed by atoms with van der Waals surface area (Å²) in [7, 11) is 0. The summed E-state index contributed by atoms with van der Waals surface area (Å²) < 4.78 is 5.81. The van der Waals surface area contributed by atoms with Crippen LogP contribution in [0.4, 0.5) is 5.00 Å². The van der Waals surface area contributed by atoms with Gasteiger partial charge in [0.05, 0.1) is 5.00 Å². The molecule has 148 valence electrons. The van der Waals surface area contributed by atoms with Crippen LogP contribution in [0.2, 0.25) is 0 Å². The molecule has 2 aromatic rings. The van der Waals surface area contributed by atoms with E-state index in [-0.39, 0.29) is 17.9 Å². The SMILES string of the molecule is CC(=O)Nc1ccc(Oc2ccc(C(=O)N[C@@H]3C4CCN(CC4)[C@@H]3C)cc2)s1. The number of hydrogen-bond acceptors (Lipinski definition) is 5. The Balaban J connectivity index is 1.37. The van der Waals surface area contributed by atoms with Crippen molar-refractivity contribution >= 4 is 28.2 Å². The van der Waals surface area contributed by atoms with E-state index in [4.69, 9.17) is 4.74 Å². The van der Waals surface area contributed by atoms with Gasteiger partial charge in [-0.2, -0.15) is 0 Å². The second-order valence-corrected chi connectivity index (χ2v) is 8.59. The van der Waals surface area contributed by atoms with Crippen LogP contribution < -0.4 is 15.4 Å². The molecule has 0 saturated carbocycles. The number of piperidine rings is 3. The van der Waals surface area contributed by atoms with Crippen molar-refractivity contribution in [2.45, 2.75) is 38.8 Å². The number of nitrogens with zero attached hydrogens (tertiary/aromatic N) is 1. The fourth-order valence-electron chi connectivity index (χ4n) is 4.19. The van der Waals surface area contributed by atoms with Gasteiger partial charge in [0.25, 0.3) is 5.91 Å². The summed E-state index contributed by atoms with van der Waals surface area (Å²) in [5.74, 6) is 1.11. The summed E-state index contributed by atoms with van der Waals surface area (Å²) in [5.41, 5.74) is 0.640. The highest BCUT2D eigenvalue weighted by Crippen LogP contribution is 2.34. The lowest BCUT2D eigenvalue weighted by atomic mass is 9.79. The van der Waals surface area contributed by atoms with E-state index < -0.39 is 0 Å². The maximum absolute atomic E-state index is 12.7. The molecule has 0 unspecified atom stereocenters. The van der Waals surface area contributed by atoms with E-state index in [2.05, 4.69) is 22.5 Å². The number of carbonyl (C=O) groups is 2. The van der Waals surface area contributed by atoms with E-state index in [1.165, 1.54) is 31.1 Å². The molecule has 2 N–H and O–H groups in total. The minimum Gasteiger partial charge on any atom is -0.447 e. The van der Waals surface area contributed by atoms with Crippen LogP contribution in [0, 0.1) is 5.92 Å². The van der Waals surface area contributed by atoms with Gasteiger partial charge in [0.15, 0.2) is 5.06 Å². The molecule has 5 rings (SSSR count). The summed E-state index contributed by atoms with van der Waals surface area (Å²) in [5, 5.41) is 7.40. The molecular weight excluding hydrogens is 374 g/mol. The molecule has 7 heteroatoms. The fourth-order valence-corrected chi connectivity index (χ4v) is 5.01. The third-order valence-electron chi connectivity index (χ3n) is 5.69. The first kappa shape index (κ1) is 19.0. The predicted molar refractivity (Wildman–Crippen MR) is 110 cm³/mol. The van der Waals surface area contributed by atoms with Crippen molar-refractivity contribution in [1.82, 2.24) is 10.2 Å². The molecule has 3 saturated heterocycles. The number of ether oxygens (including phenoxy) is 1. The largest absolute Gasteiger partial charge is 0.447 e. The van der Waals surface area contributed by atoms with Gasteiger partial charge in [-0.15, -0.1) is 0 Å². The number of carbonyl (C=O) groups excluding carboxylic acids is 2. The van der Waals surface area contributed by atoms with E-state index in [1.54, 1.807) is 30.3 Å². The molecule has 2 bridgehead atoms. The lowest BCUT2D eigenvalue weighted by Crippen LogP contribution is -2.62. The van der Waals surface area contributed by atoms with Crippen LogP contribution in [-0.2, 0) is 4.79 Å². The van der Waals surface area contributed by atoms with Crippen LogP contribution in [0.15, 0.2) is 36.4 Å². The lowest BCUT2D eigenvalue weighted by Gasteiger charge is -2.49. The average Bonchev–Trinajstić information content (AvgIpc) is 3.11. The van der Waals surface area contributed by atoms with Crippen molar-refractivity contribution in [2.24, 2.45) is 5.92 Å². The molecule has 2 atom stereocenters. The van der Waals surface area contributed by atoms with Crippen molar-refractivity contribution in [2.75, 3.05) is 18.4 Å². The first-order valence-corrected chi connectivity index (χ1v) is 10.5. The first-order valence-electron chi connectivity index (χ1n) is 9.70. The summed E-state index contributed by atoms with van der Waals surface area (Å²) in [4.78, 5) is 26.3. The number of benzene rings is 1. The zero-order chi connectivity index (χ0) is 19.7. The fraction of sp³-hybridized carbons (Fsp3) is 0.429. The molecule has 28 heavy (non-hydrogen) atoms. The standard InChI is InChI=1S/C21H25N3O3S/c1-13-20(15-9-11-24(13)12-10-15)23-21(26)16-3-5-17(6-4-16)27-19-8-7-18(28-19)22-14(2)25/h3-8,13,15,20H,9-12H2,1-2H3,(H,22,25)(H,23,26)/t13-,20+/m1/s1. The van der Waals surface area contributed by atoms with Gasteiger partial charge in [0.2, 0.25) is 5.91 Å². The van der Waals surface area contributed by atoms with Gasteiger partial charge >= 0.3 is 0 Å². The molecular formula is C21H25N3O3S. The Kier molecular flexibility index (Phi) is 5.37. The van der Waals surface area contributed by atoms with Crippen LogP contribution >= 0.6 is 11.3 Å². The number of anilines is 1. The normalized spacial score (nSPS) is 25.9. The van der Waals surface area contributed by atoms with Crippen molar-refractivity contribution in [3.63, 3.8) is 0 Å². The topological polar surface area (TPSA) is 70.7 Å². The highest BCUT2D eigenvalue weighted by atomic mass is 32.1. The molecule has 2 amide bonds. The molecule has 0 aliphatic carbocycles. The Morgan fingerprint density at radius 1 is 1.11 bits per heavy atom. The summed E-state index contributed by atoms with van der Waals surface area (Å²) in [6, 6.07) is 11.4. The van der Waals surface area contributed by atoms with Crippen LogP contribution in [0.3, 0.4) is 0 Å². The zero-order valence-electron chi connectivity index (χ0n) is 16.1. The molecule has 6 nitrogen and oxygen atoms in total. The van der Waals surface area contributed by atoms with Crippen LogP contribution in [0.25, 0.3) is 0 Å². The highest BCUT2D eigenvalue weighted by molar-refractivity contribution is 7.18. The van der Waals surface area contributed by atoms with E-state index in [1.807, 2.05) is 6.07 Å². The Morgan fingerprint density at radius 2 is 1.82 bits per heavy atom. The Morgan fingerprint density at radius 3 is 2.46 bits per heavy atom. The van der Waals surface area contributed by atoms with E-state index in [9.17, 15) is 9.59 Å². The van der Waals surface area contributed by atoms with Crippen LogP contribution in [0.5, 0.6) is 10.8 Å². The molecule has 3 fully saturated rings. The number of rotatable bonds is 5. The van der Waals surface area contributed by atoms with Gasteiger partial charge < -0.3 is 15.4 Å². The summed E-state index contributed by atoms with van der Waals surface area (Å²) >= 11 is 1.36. The zero-order valence-corrected chi connectivity index (χ0v) is 16.9. The maximum atomic E-state index is 12.7. The van der Waals surface area contributed by atoms with Crippen molar-refractivity contribution < 1.29 is 14.3 Å². The molecule has 1 aromatic carbocycles. The number of hydrogen-bond donors (Lipinski definition) is 2. The Bertz CT molecular complexity index is 854. The second-order valence-electron chi connectivity index (χ2n) is 7.54. The number of thiophene rings is 1. The predicted octanol–water partition coefficient (Wildman–Crippen LogP) is 3.71. The summed E-state index contributed by atoms with van der Waals surface area (Å²) in [6.45, 7) is 5.98. The van der Waals surface area contributed by atoms with Gasteiger partial charge in [0.1, 0.15) is 5.75 Å². The molecule has 3 aliphatic rings. The van der Waals surface area contributed by atoms with Crippen LogP contribution in [0.1, 0.15) is 37.0 Å². The maximum Gasteiger partial charge on any atom is 0.251 e. The first-order chi connectivity index (χ1) is 13.5. The third-order valence-corrected chi connectivity index (χ3v) is 6.57. The van der Waals surface area contributed by atoms with Crippen molar-refractivity contribution in [1.29, 1.82) is 0 Å². The van der Waals surface area contributed by atoms with E-state index in [0.29, 0.717) is 28.3 Å². The molecule has 0 spiro atoms. The van der Waals surface area contributed by atoms with Gasteiger partial charge in [-0.3, -0.25) is 14.5 Å². The van der Waals surface area contributed by atoms with Crippen molar-refractivity contribution in [3.8, 4) is 10.8 Å². The lowest BCUT2D eigenvalue weighted by molar-refractivity contribution is -0.114. The highest BCUT2D eigenvalue weighted by Gasteiger charge is 2.40. The summed E-state index contributed by atoms with van der Waals surface area (Å²) in [6.07, 6.45) is 2.34. The van der Waals surface area contributed by atoms with Gasteiger partial charge in [0, 0.05) is 24.6 Å². The number of amides is 2. The smallest absolute Gasteiger partial charge is 0.251 e. The molecule has 3 aliphatic heterocycles. The van der Waals surface area contributed by atoms with Gasteiger partial charge in [-0.25, -0.2) is 0 Å². The average molecular weight is 400 g/mol. The number of nitrogens with one attached hydrogen (secondary N) is 2.